The number of allylic oxidation sites excluding steroid dienone is 2. The number of benzene rings is 1. The van der Waals surface area contributed by atoms with E-state index < -0.39 is 5.97 Å². The van der Waals surface area contributed by atoms with Gasteiger partial charge < -0.3 is 19.6 Å². The topological polar surface area (TPSA) is 70.1 Å². The van der Waals surface area contributed by atoms with Crippen LogP contribution in [0.25, 0.3) is 5.76 Å². The lowest BCUT2D eigenvalue weighted by Gasteiger charge is -2.46. The van der Waals surface area contributed by atoms with Crippen molar-refractivity contribution >= 4 is 29.2 Å². The lowest BCUT2D eigenvalue weighted by Crippen LogP contribution is -2.47. The van der Waals surface area contributed by atoms with E-state index in [2.05, 4.69) is 30.2 Å². The van der Waals surface area contributed by atoms with E-state index in [1.54, 1.807) is 0 Å². The van der Waals surface area contributed by atoms with Crippen LogP contribution < -0.4 is 0 Å². The fourth-order valence-electron chi connectivity index (χ4n) is 4.76. The molecule has 0 radical (unpaired) electrons. The molecule has 2 atom stereocenters. The van der Waals surface area contributed by atoms with E-state index in [9.17, 15) is 9.59 Å². The molecule has 40 heavy (non-hydrogen) atoms. The maximum absolute atomic E-state index is 12.5. The van der Waals surface area contributed by atoms with Crippen LogP contribution >= 0.6 is 11.6 Å². The van der Waals surface area contributed by atoms with Crippen LogP contribution in [0.2, 0.25) is 5.02 Å². The summed E-state index contributed by atoms with van der Waals surface area (Å²) in [6.07, 6.45) is 7.61. The summed E-state index contributed by atoms with van der Waals surface area (Å²) in [5.41, 5.74) is 3.72. The van der Waals surface area contributed by atoms with Gasteiger partial charge in [-0.25, -0.2) is 0 Å². The molecule has 0 aliphatic carbocycles. The van der Waals surface area contributed by atoms with Crippen molar-refractivity contribution in [2.45, 2.75) is 92.7 Å². The summed E-state index contributed by atoms with van der Waals surface area (Å²) >= 11 is 6.05. The zero-order valence-electron chi connectivity index (χ0n) is 25.7. The zero-order valence-corrected chi connectivity index (χ0v) is 26.5. The lowest BCUT2D eigenvalue weighted by atomic mass is 9.82. The van der Waals surface area contributed by atoms with Gasteiger partial charge >= 0.3 is 5.97 Å². The van der Waals surface area contributed by atoms with Crippen LogP contribution in [-0.4, -0.2) is 52.5 Å². The van der Waals surface area contributed by atoms with E-state index in [0.717, 1.165) is 47.6 Å². The Morgan fingerprint density at radius 1 is 1.10 bits per heavy atom. The smallest absolute Gasteiger partial charge is 0.323 e. The highest BCUT2D eigenvalue weighted by Gasteiger charge is 2.38. The Hall–Kier alpha value is -2.99. The van der Waals surface area contributed by atoms with Crippen molar-refractivity contribution in [3.63, 3.8) is 0 Å². The van der Waals surface area contributed by atoms with Crippen LogP contribution in [0.1, 0.15) is 86.1 Å². The Balaban J connectivity index is 0.00000191. The van der Waals surface area contributed by atoms with Crippen LogP contribution in [0.4, 0.5) is 0 Å². The molecule has 1 amide bonds. The molecule has 222 valence electrons. The Kier molecular flexibility index (Phi) is 14.3. The molecule has 2 aliphatic heterocycles. The summed E-state index contributed by atoms with van der Waals surface area (Å²) in [7, 11) is 1.53. The summed E-state index contributed by atoms with van der Waals surface area (Å²) in [5.74, 6) is -0.316. The highest BCUT2D eigenvalue weighted by molar-refractivity contribution is 6.30. The first-order chi connectivity index (χ1) is 18.9. The molecule has 6 nitrogen and oxygen atoms in total. The van der Waals surface area contributed by atoms with Crippen molar-refractivity contribution in [3.8, 4) is 0 Å². The number of ether oxygens (including phenoxy) is 1. The number of rotatable bonds is 10. The third kappa shape index (κ3) is 9.88. The van der Waals surface area contributed by atoms with Crippen molar-refractivity contribution in [1.29, 1.82) is 0 Å². The fraction of sp³-hybridized carbons (Fsp3) is 0.515. The number of halogens is 1. The third-order valence-electron chi connectivity index (χ3n) is 6.81. The Labute approximate surface area is 247 Å². The predicted molar refractivity (Wildman–Crippen MR) is 167 cm³/mol. The minimum Gasteiger partial charge on any atom is -0.488 e. The van der Waals surface area contributed by atoms with Crippen LogP contribution in [0, 0.1) is 5.41 Å². The summed E-state index contributed by atoms with van der Waals surface area (Å²) in [6.45, 7) is 22.4. The molecule has 0 fully saturated rings. The van der Waals surface area contributed by atoms with Gasteiger partial charge in [-0.15, -0.1) is 0 Å². The van der Waals surface area contributed by atoms with Gasteiger partial charge in [0.1, 0.15) is 18.4 Å². The molecule has 0 bridgehead atoms. The first kappa shape index (κ1) is 35.0. The normalized spacial score (nSPS) is 17.8. The zero-order chi connectivity index (χ0) is 30.6. The minimum absolute atomic E-state index is 0.0141. The number of carbonyl (C=O) groups is 2. The summed E-state index contributed by atoms with van der Waals surface area (Å²) in [4.78, 5) is 27.0. The number of carboxylic acid groups (broad SMARTS) is 1. The second-order valence-corrected chi connectivity index (χ2v) is 11.0. The van der Waals surface area contributed by atoms with Crippen LogP contribution in [-0.2, 0) is 14.3 Å². The average Bonchev–Trinajstić information content (AvgIpc) is 2.92. The number of carboxylic acids is 1. The standard InChI is InChI=1S/C29H37ClN2O4.2C2H6/c1-19(2)23-11-14-26-24(12-13-25(36-26)21-7-9-22(30)10-8-21)32(23)20(3)15-16-29(4,5)17-27(33)31(6)18-28(34)35;2*1-2/h7-11,13,24,26H,1,3,12,14-18H2,2,4-6H3,(H,34,35);2*1-2H3. The van der Waals surface area contributed by atoms with Crippen molar-refractivity contribution < 1.29 is 19.4 Å². The number of hydrogen-bond donors (Lipinski definition) is 1. The van der Waals surface area contributed by atoms with Gasteiger partial charge in [-0.05, 0) is 67.5 Å². The number of likely N-dealkylation sites (N-methyl/N-ethyl adjacent to an activating group) is 1. The molecule has 1 aromatic carbocycles. The third-order valence-corrected chi connectivity index (χ3v) is 7.06. The van der Waals surface area contributed by atoms with Crippen LogP contribution in [0.15, 0.2) is 66.5 Å². The molecular weight excluding hydrogens is 524 g/mol. The number of aliphatic carboxylic acids is 1. The van der Waals surface area contributed by atoms with Crippen LogP contribution in [0.3, 0.4) is 0 Å². The fourth-order valence-corrected chi connectivity index (χ4v) is 4.89. The van der Waals surface area contributed by atoms with Gasteiger partial charge in [0.05, 0.1) is 6.04 Å². The predicted octanol–water partition coefficient (Wildman–Crippen LogP) is 8.31. The van der Waals surface area contributed by atoms with Gasteiger partial charge in [0.2, 0.25) is 5.91 Å². The van der Waals surface area contributed by atoms with E-state index in [-0.39, 0.29) is 36.4 Å². The van der Waals surface area contributed by atoms with E-state index in [1.165, 1.54) is 11.9 Å². The Morgan fingerprint density at radius 2 is 1.70 bits per heavy atom. The highest BCUT2D eigenvalue weighted by atomic mass is 35.5. The number of amides is 1. The molecule has 0 saturated heterocycles. The quantitative estimate of drug-likeness (QED) is 0.305. The van der Waals surface area contributed by atoms with E-state index in [4.69, 9.17) is 21.4 Å². The maximum Gasteiger partial charge on any atom is 0.323 e. The van der Waals surface area contributed by atoms with Crippen molar-refractivity contribution in [1.82, 2.24) is 9.80 Å². The number of nitrogens with zero attached hydrogens (tertiary/aromatic N) is 2. The number of fused-ring (bicyclic) bond motifs is 1. The molecule has 0 saturated carbocycles. The molecule has 7 heteroatoms. The van der Waals surface area contributed by atoms with Gasteiger partial charge in [0, 0.05) is 41.9 Å². The molecule has 0 aromatic heterocycles. The van der Waals surface area contributed by atoms with Gasteiger partial charge in [-0.1, -0.05) is 72.4 Å². The van der Waals surface area contributed by atoms with E-state index in [1.807, 2.05) is 72.7 Å². The molecule has 1 aromatic rings. The molecule has 2 heterocycles. The SMILES string of the molecule is C=C(C)C1=CCC2OC(c3ccc(Cl)cc3)=CCC2N1C(=C)CCC(C)(C)CC(=O)N(C)CC(=O)O.CC.CC. The van der Waals surface area contributed by atoms with E-state index in [0.29, 0.717) is 11.4 Å². The average molecular weight is 573 g/mol. The lowest BCUT2D eigenvalue weighted by molar-refractivity contribution is -0.144. The molecule has 2 unspecified atom stereocenters. The van der Waals surface area contributed by atoms with E-state index >= 15 is 0 Å². The van der Waals surface area contributed by atoms with Crippen LogP contribution in [0.5, 0.6) is 0 Å². The minimum atomic E-state index is -1.02. The summed E-state index contributed by atoms with van der Waals surface area (Å²) in [6, 6.07) is 7.79. The van der Waals surface area contributed by atoms with Gasteiger partial charge in [-0.2, -0.15) is 0 Å². The van der Waals surface area contributed by atoms with Crippen molar-refractivity contribution in [2.75, 3.05) is 13.6 Å². The van der Waals surface area contributed by atoms with Gasteiger partial charge in [0.15, 0.2) is 0 Å². The largest absolute Gasteiger partial charge is 0.488 e. The molecule has 1 N–H and O–H groups in total. The maximum atomic E-state index is 12.5. The molecular formula is C33H49ClN2O4. The summed E-state index contributed by atoms with van der Waals surface area (Å²) in [5, 5.41) is 9.66. The molecule has 2 aliphatic rings. The number of hydrogen-bond acceptors (Lipinski definition) is 4. The Morgan fingerprint density at radius 3 is 2.25 bits per heavy atom. The Bertz CT molecular complexity index is 1090. The first-order valence-corrected chi connectivity index (χ1v) is 14.7. The highest BCUT2D eigenvalue weighted by Crippen LogP contribution is 2.40. The molecule has 0 spiro atoms. The van der Waals surface area contributed by atoms with Gasteiger partial charge in [0.25, 0.3) is 0 Å². The number of carbonyl (C=O) groups excluding carboxylic acids is 1. The first-order valence-electron chi connectivity index (χ1n) is 14.3. The second kappa shape index (κ2) is 16.3. The molecule has 3 rings (SSSR count). The monoisotopic (exact) mass is 572 g/mol. The van der Waals surface area contributed by atoms with Crippen molar-refractivity contribution in [2.24, 2.45) is 5.41 Å². The van der Waals surface area contributed by atoms with Gasteiger partial charge in [-0.3, -0.25) is 9.59 Å². The van der Waals surface area contributed by atoms with Crippen molar-refractivity contribution in [3.05, 3.63) is 77.1 Å². The summed E-state index contributed by atoms with van der Waals surface area (Å²) < 4.78 is 6.44. The second-order valence-electron chi connectivity index (χ2n) is 10.6.